The van der Waals surface area contributed by atoms with Crippen molar-refractivity contribution in [2.45, 2.75) is 18.7 Å². The average molecular weight is 302 g/mol. The maximum atomic E-state index is 12.2. The summed E-state index contributed by atoms with van der Waals surface area (Å²) in [6, 6.07) is 4.22. The standard InChI is InChI=1S/C11H12ClN3O3S/c1-6-7(2)14-18-11(6)15-19(16,17)10-5-8(13)3-4-9(10)12/h3-5,15H,13H2,1-2H3. The lowest BCUT2D eigenvalue weighted by Crippen LogP contribution is -2.14. The fraction of sp³-hybridized carbons (Fsp3) is 0.182. The molecule has 1 aromatic carbocycles. The Balaban J connectivity index is 2.43. The Kier molecular flexibility index (Phi) is 3.42. The Hall–Kier alpha value is -1.73. The van der Waals surface area contributed by atoms with Crippen molar-refractivity contribution >= 4 is 33.2 Å². The van der Waals surface area contributed by atoms with E-state index in [1.165, 1.54) is 18.2 Å². The summed E-state index contributed by atoms with van der Waals surface area (Å²) in [5.74, 6) is 0.0657. The van der Waals surface area contributed by atoms with E-state index < -0.39 is 10.0 Å². The number of benzene rings is 1. The van der Waals surface area contributed by atoms with Crippen LogP contribution in [0.15, 0.2) is 27.6 Å². The molecule has 0 saturated carbocycles. The Morgan fingerprint density at radius 3 is 2.63 bits per heavy atom. The zero-order chi connectivity index (χ0) is 14.2. The molecule has 3 N–H and O–H groups in total. The van der Waals surface area contributed by atoms with Gasteiger partial charge in [-0.05, 0) is 32.0 Å². The molecule has 0 aliphatic heterocycles. The summed E-state index contributed by atoms with van der Waals surface area (Å²) < 4.78 is 31.6. The van der Waals surface area contributed by atoms with Gasteiger partial charge in [-0.1, -0.05) is 16.8 Å². The van der Waals surface area contributed by atoms with E-state index in [9.17, 15) is 8.42 Å². The highest BCUT2D eigenvalue weighted by molar-refractivity contribution is 7.92. The van der Waals surface area contributed by atoms with Gasteiger partial charge in [0.25, 0.3) is 10.0 Å². The number of nitrogens with two attached hydrogens (primary N) is 1. The van der Waals surface area contributed by atoms with Crippen molar-refractivity contribution in [3.05, 3.63) is 34.5 Å². The van der Waals surface area contributed by atoms with Crippen LogP contribution in [0.25, 0.3) is 0 Å². The summed E-state index contributed by atoms with van der Waals surface area (Å²) in [6.45, 7) is 3.41. The number of aromatic nitrogens is 1. The highest BCUT2D eigenvalue weighted by Gasteiger charge is 2.21. The number of aryl methyl sites for hydroxylation is 1. The first-order valence-electron chi connectivity index (χ1n) is 5.32. The van der Waals surface area contributed by atoms with Gasteiger partial charge in [-0.2, -0.15) is 0 Å². The second-order valence-corrected chi connectivity index (χ2v) is 6.08. The number of hydrogen-bond acceptors (Lipinski definition) is 5. The van der Waals surface area contributed by atoms with E-state index in [0.717, 1.165) is 0 Å². The molecule has 0 saturated heterocycles. The molecular formula is C11H12ClN3O3S. The number of nitrogens with zero attached hydrogens (tertiary/aromatic N) is 1. The van der Waals surface area contributed by atoms with Gasteiger partial charge in [-0.15, -0.1) is 0 Å². The molecule has 1 heterocycles. The second kappa shape index (κ2) is 4.75. The van der Waals surface area contributed by atoms with Crippen LogP contribution in [0.5, 0.6) is 0 Å². The molecule has 0 radical (unpaired) electrons. The van der Waals surface area contributed by atoms with Crippen LogP contribution in [-0.2, 0) is 10.0 Å². The van der Waals surface area contributed by atoms with Gasteiger partial charge >= 0.3 is 0 Å². The van der Waals surface area contributed by atoms with E-state index >= 15 is 0 Å². The lowest BCUT2D eigenvalue weighted by Gasteiger charge is -2.08. The number of anilines is 2. The smallest absolute Gasteiger partial charge is 0.265 e. The van der Waals surface area contributed by atoms with Crippen molar-refractivity contribution in [2.75, 3.05) is 10.5 Å². The van der Waals surface area contributed by atoms with Crippen molar-refractivity contribution in [3.8, 4) is 0 Å². The Morgan fingerprint density at radius 1 is 1.37 bits per heavy atom. The monoisotopic (exact) mass is 301 g/mol. The molecule has 0 aliphatic carbocycles. The third kappa shape index (κ3) is 2.66. The highest BCUT2D eigenvalue weighted by Crippen LogP contribution is 2.27. The number of sulfonamides is 1. The number of hydrogen-bond donors (Lipinski definition) is 2. The maximum absolute atomic E-state index is 12.2. The molecule has 2 aromatic rings. The van der Waals surface area contributed by atoms with Crippen LogP contribution in [0, 0.1) is 13.8 Å². The van der Waals surface area contributed by atoms with Gasteiger partial charge in [0, 0.05) is 11.3 Å². The molecule has 2 rings (SSSR count). The molecule has 0 aliphatic rings. The SMILES string of the molecule is Cc1noc(NS(=O)(=O)c2cc(N)ccc2Cl)c1C. The van der Waals surface area contributed by atoms with E-state index in [1.807, 2.05) is 0 Å². The maximum Gasteiger partial charge on any atom is 0.265 e. The Labute approximate surface area is 115 Å². The quantitative estimate of drug-likeness (QED) is 0.848. The molecule has 0 amide bonds. The number of halogens is 1. The number of nitrogen functional groups attached to an aromatic ring is 1. The lowest BCUT2D eigenvalue weighted by atomic mass is 10.3. The zero-order valence-corrected chi connectivity index (χ0v) is 11.8. The van der Waals surface area contributed by atoms with Crippen LogP contribution >= 0.6 is 11.6 Å². The molecule has 8 heteroatoms. The molecule has 0 fully saturated rings. The molecule has 6 nitrogen and oxygen atoms in total. The van der Waals surface area contributed by atoms with Gasteiger partial charge in [0.05, 0.1) is 10.7 Å². The van der Waals surface area contributed by atoms with Crippen molar-refractivity contribution in [1.29, 1.82) is 0 Å². The largest absolute Gasteiger partial charge is 0.399 e. The minimum atomic E-state index is -3.87. The minimum Gasteiger partial charge on any atom is -0.399 e. The van der Waals surface area contributed by atoms with Crippen LogP contribution in [-0.4, -0.2) is 13.6 Å². The minimum absolute atomic E-state index is 0.0657. The van der Waals surface area contributed by atoms with Crippen LogP contribution in [0.3, 0.4) is 0 Å². The van der Waals surface area contributed by atoms with Crippen molar-refractivity contribution in [2.24, 2.45) is 0 Å². The fourth-order valence-corrected chi connectivity index (χ4v) is 3.00. The van der Waals surface area contributed by atoms with E-state index in [4.69, 9.17) is 21.9 Å². The number of rotatable bonds is 3. The summed E-state index contributed by atoms with van der Waals surface area (Å²) in [6.07, 6.45) is 0. The summed E-state index contributed by atoms with van der Waals surface area (Å²) in [7, 11) is -3.87. The van der Waals surface area contributed by atoms with E-state index in [-0.39, 0.29) is 15.8 Å². The van der Waals surface area contributed by atoms with Crippen LogP contribution in [0.1, 0.15) is 11.3 Å². The van der Waals surface area contributed by atoms with Crippen LogP contribution in [0.4, 0.5) is 11.6 Å². The predicted octanol–water partition coefficient (Wildman–Crippen LogP) is 2.33. The van der Waals surface area contributed by atoms with Crippen molar-refractivity contribution in [1.82, 2.24) is 5.16 Å². The highest BCUT2D eigenvalue weighted by atomic mass is 35.5. The third-order valence-corrected chi connectivity index (χ3v) is 4.44. The lowest BCUT2D eigenvalue weighted by molar-refractivity contribution is 0.430. The average Bonchev–Trinajstić information content (AvgIpc) is 2.63. The van der Waals surface area contributed by atoms with Gasteiger partial charge in [0.15, 0.2) is 0 Å². The third-order valence-electron chi connectivity index (χ3n) is 2.63. The molecule has 102 valence electrons. The normalized spacial score (nSPS) is 11.5. The molecule has 1 aromatic heterocycles. The van der Waals surface area contributed by atoms with Crippen molar-refractivity contribution in [3.63, 3.8) is 0 Å². The van der Waals surface area contributed by atoms with E-state index in [2.05, 4.69) is 9.88 Å². The summed E-state index contributed by atoms with van der Waals surface area (Å²) in [4.78, 5) is -0.109. The summed E-state index contributed by atoms with van der Waals surface area (Å²) in [5, 5.41) is 3.75. The predicted molar refractivity (Wildman–Crippen MR) is 72.6 cm³/mol. The zero-order valence-electron chi connectivity index (χ0n) is 10.3. The first-order chi connectivity index (χ1) is 8.81. The molecule has 19 heavy (non-hydrogen) atoms. The van der Waals surface area contributed by atoms with Gasteiger partial charge < -0.3 is 10.3 Å². The van der Waals surface area contributed by atoms with Gasteiger partial charge in [0.1, 0.15) is 4.90 Å². The topological polar surface area (TPSA) is 98.2 Å². The molecule has 0 bridgehead atoms. The van der Waals surface area contributed by atoms with Gasteiger partial charge in [0.2, 0.25) is 5.88 Å². The van der Waals surface area contributed by atoms with E-state index in [0.29, 0.717) is 16.9 Å². The molecular weight excluding hydrogens is 290 g/mol. The fourth-order valence-electron chi connectivity index (χ4n) is 1.41. The van der Waals surface area contributed by atoms with Gasteiger partial charge in [-0.25, -0.2) is 13.1 Å². The van der Waals surface area contributed by atoms with Crippen LogP contribution < -0.4 is 10.5 Å². The van der Waals surface area contributed by atoms with E-state index in [1.54, 1.807) is 13.8 Å². The first-order valence-corrected chi connectivity index (χ1v) is 7.18. The molecule has 0 unspecified atom stereocenters. The van der Waals surface area contributed by atoms with Gasteiger partial charge in [-0.3, -0.25) is 0 Å². The Morgan fingerprint density at radius 2 is 2.05 bits per heavy atom. The number of nitrogens with one attached hydrogen (secondary N) is 1. The first kappa shape index (κ1) is 13.7. The molecule has 0 spiro atoms. The summed E-state index contributed by atoms with van der Waals surface area (Å²) >= 11 is 5.87. The second-order valence-electron chi connectivity index (χ2n) is 4.02. The summed E-state index contributed by atoms with van der Waals surface area (Å²) in [5.41, 5.74) is 7.09. The Bertz CT molecular complexity index is 725. The van der Waals surface area contributed by atoms with Crippen molar-refractivity contribution < 1.29 is 12.9 Å². The van der Waals surface area contributed by atoms with Crippen LogP contribution in [0.2, 0.25) is 5.02 Å². The molecule has 0 atom stereocenters.